The minimum atomic E-state index is -0.878. The van der Waals surface area contributed by atoms with Gasteiger partial charge in [0.25, 0.3) is 0 Å². The molecule has 0 saturated carbocycles. The largest absolute Gasteiger partial charge is 0.481 e. The molecule has 1 saturated heterocycles. The van der Waals surface area contributed by atoms with Gasteiger partial charge in [-0.1, -0.05) is 11.8 Å². The van der Waals surface area contributed by atoms with Crippen LogP contribution >= 0.6 is 11.8 Å². The Balaban J connectivity index is 1.91. The number of morpholine rings is 1. The van der Waals surface area contributed by atoms with Crippen molar-refractivity contribution in [2.75, 3.05) is 32.1 Å². The molecule has 21 heavy (non-hydrogen) atoms. The number of hydrogen-bond donors (Lipinski definition) is 1. The number of nitrogens with zero attached hydrogens (tertiary/aromatic N) is 3. The first kappa shape index (κ1) is 15.8. The van der Waals surface area contributed by atoms with Crippen LogP contribution in [0, 0.1) is 6.92 Å². The van der Waals surface area contributed by atoms with Crippen molar-refractivity contribution in [3.8, 4) is 0 Å². The second kappa shape index (κ2) is 7.46. The second-order valence-corrected chi connectivity index (χ2v) is 5.70. The standard InChI is InChI=1S/C13H19N3O4S/c1-10-8-14-13(21-9-12(18)19)16(10)3-2-11(17)15-4-6-20-7-5-15/h8H,2-7,9H2,1H3,(H,18,19). The molecule has 1 aliphatic rings. The second-order valence-electron chi connectivity index (χ2n) is 4.76. The minimum absolute atomic E-state index is 0.0339. The molecular formula is C13H19N3O4S. The van der Waals surface area contributed by atoms with Crippen molar-refractivity contribution in [3.63, 3.8) is 0 Å². The lowest BCUT2D eigenvalue weighted by Gasteiger charge is -2.27. The third-order valence-electron chi connectivity index (χ3n) is 3.26. The molecule has 1 aromatic heterocycles. The van der Waals surface area contributed by atoms with E-state index in [1.165, 1.54) is 11.8 Å². The van der Waals surface area contributed by atoms with Crippen LogP contribution in [0.25, 0.3) is 0 Å². The van der Waals surface area contributed by atoms with Gasteiger partial charge in [-0.15, -0.1) is 0 Å². The van der Waals surface area contributed by atoms with Crippen LogP contribution in [0.3, 0.4) is 0 Å². The van der Waals surface area contributed by atoms with Crippen LogP contribution in [-0.4, -0.2) is 63.5 Å². The Kier molecular flexibility index (Phi) is 5.63. The summed E-state index contributed by atoms with van der Waals surface area (Å²) in [6.07, 6.45) is 2.08. The summed E-state index contributed by atoms with van der Waals surface area (Å²) in [5.41, 5.74) is 0.928. The van der Waals surface area contributed by atoms with Crippen LogP contribution in [0.5, 0.6) is 0 Å². The Morgan fingerprint density at radius 3 is 2.81 bits per heavy atom. The van der Waals surface area contributed by atoms with Crippen molar-refractivity contribution >= 4 is 23.6 Å². The number of hydrogen-bond acceptors (Lipinski definition) is 5. The number of aromatic nitrogens is 2. The molecule has 1 aromatic rings. The number of imidazole rings is 1. The van der Waals surface area contributed by atoms with Crippen molar-refractivity contribution in [1.82, 2.24) is 14.5 Å². The maximum Gasteiger partial charge on any atom is 0.313 e. The van der Waals surface area contributed by atoms with Gasteiger partial charge in [0, 0.05) is 37.9 Å². The van der Waals surface area contributed by atoms with Crippen LogP contribution in [-0.2, 0) is 20.9 Å². The predicted molar refractivity (Wildman–Crippen MR) is 77.3 cm³/mol. The fourth-order valence-electron chi connectivity index (χ4n) is 2.13. The molecule has 0 radical (unpaired) electrons. The van der Waals surface area contributed by atoms with E-state index in [1.807, 2.05) is 11.5 Å². The summed E-state index contributed by atoms with van der Waals surface area (Å²) < 4.78 is 7.12. The zero-order valence-electron chi connectivity index (χ0n) is 11.9. The number of carboxylic acid groups (broad SMARTS) is 1. The molecule has 1 amide bonds. The van der Waals surface area contributed by atoms with Crippen LogP contribution in [0.2, 0.25) is 0 Å². The third kappa shape index (κ3) is 4.47. The van der Waals surface area contributed by atoms with E-state index in [1.54, 1.807) is 11.1 Å². The minimum Gasteiger partial charge on any atom is -0.481 e. The monoisotopic (exact) mass is 313 g/mol. The van der Waals surface area contributed by atoms with Gasteiger partial charge in [0.2, 0.25) is 5.91 Å². The van der Waals surface area contributed by atoms with Crippen molar-refractivity contribution in [3.05, 3.63) is 11.9 Å². The molecule has 2 heterocycles. The molecule has 0 bridgehead atoms. The Morgan fingerprint density at radius 1 is 1.43 bits per heavy atom. The molecule has 0 aliphatic carbocycles. The zero-order chi connectivity index (χ0) is 15.2. The van der Waals surface area contributed by atoms with E-state index >= 15 is 0 Å². The molecule has 2 rings (SSSR count). The number of aryl methyl sites for hydroxylation is 1. The smallest absolute Gasteiger partial charge is 0.313 e. The van der Waals surface area contributed by atoms with Crippen molar-refractivity contribution in [2.45, 2.75) is 25.0 Å². The first-order valence-corrected chi connectivity index (χ1v) is 7.78. The number of aliphatic carboxylic acids is 1. The SMILES string of the molecule is Cc1cnc(SCC(=O)O)n1CCC(=O)N1CCOCC1. The zero-order valence-corrected chi connectivity index (χ0v) is 12.8. The maximum atomic E-state index is 12.1. The lowest BCUT2D eigenvalue weighted by Crippen LogP contribution is -2.41. The summed E-state index contributed by atoms with van der Waals surface area (Å²) in [6, 6.07) is 0. The van der Waals surface area contributed by atoms with Crippen molar-refractivity contribution < 1.29 is 19.4 Å². The number of ether oxygens (including phenoxy) is 1. The lowest BCUT2D eigenvalue weighted by molar-refractivity contribution is -0.135. The highest BCUT2D eigenvalue weighted by Gasteiger charge is 2.17. The lowest BCUT2D eigenvalue weighted by atomic mass is 10.3. The van der Waals surface area contributed by atoms with Crippen molar-refractivity contribution in [2.24, 2.45) is 0 Å². The Bertz CT molecular complexity index is 512. The number of thioether (sulfide) groups is 1. The van der Waals surface area contributed by atoms with Crippen LogP contribution in [0.4, 0.5) is 0 Å². The summed E-state index contributed by atoms with van der Waals surface area (Å²) in [7, 11) is 0. The molecule has 1 N–H and O–H groups in total. The first-order chi connectivity index (χ1) is 10.1. The average molecular weight is 313 g/mol. The van der Waals surface area contributed by atoms with E-state index in [-0.39, 0.29) is 11.7 Å². The van der Waals surface area contributed by atoms with E-state index in [2.05, 4.69) is 4.98 Å². The quantitative estimate of drug-likeness (QED) is 0.775. The highest BCUT2D eigenvalue weighted by molar-refractivity contribution is 7.99. The number of amides is 1. The fourth-order valence-corrected chi connectivity index (χ4v) is 2.90. The normalized spacial score (nSPS) is 15.2. The van der Waals surface area contributed by atoms with Gasteiger partial charge in [0.1, 0.15) is 0 Å². The molecule has 1 fully saturated rings. The van der Waals surface area contributed by atoms with Crippen LogP contribution in [0.1, 0.15) is 12.1 Å². The molecule has 8 heteroatoms. The first-order valence-electron chi connectivity index (χ1n) is 6.80. The van der Waals surface area contributed by atoms with Gasteiger partial charge < -0.3 is 19.3 Å². The average Bonchev–Trinajstić information content (AvgIpc) is 2.84. The molecule has 7 nitrogen and oxygen atoms in total. The predicted octanol–water partition coefficient (Wildman–Crippen LogP) is 0.617. The van der Waals surface area contributed by atoms with Crippen LogP contribution in [0.15, 0.2) is 11.4 Å². The number of carboxylic acids is 1. The van der Waals surface area contributed by atoms with Gasteiger partial charge in [0.15, 0.2) is 5.16 Å². The molecule has 0 spiro atoms. The summed E-state index contributed by atoms with van der Waals surface area (Å²) >= 11 is 1.17. The summed E-state index contributed by atoms with van der Waals surface area (Å²) in [5.74, 6) is -0.814. The van der Waals surface area contributed by atoms with E-state index in [4.69, 9.17) is 9.84 Å². The molecule has 116 valence electrons. The summed E-state index contributed by atoms with van der Waals surface area (Å²) in [5, 5.41) is 9.37. The van der Waals surface area contributed by atoms with Gasteiger partial charge >= 0.3 is 5.97 Å². The Hall–Kier alpha value is -1.54. The molecule has 0 aromatic carbocycles. The van der Waals surface area contributed by atoms with Crippen molar-refractivity contribution in [1.29, 1.82) is 0 Å². The number of rotatable bonds is 6. The topological polar surface area (TPSA) is 84.7 Å². The van der Waals surface area contributed by atoms with Gasteiger partial charge in [-0.25, -0.2) is 4.98 Å². The molecule has 0 unspecified atom stereocenters. The number of carbonyl (C=O) groups excluding carboxylic acids is 1. The van der Waals surface area contributed by atoms with E-state index in [0.717, 1.165) is 5.69 Å². The highest BCUT2D eigenvalue weighted by Crippen LogP contribution is 2.18. The Morgan fingerprint density at radius 2 is 2.14 bits per heavy atom. The molecule has 1 aliphatic heterocycles. The highest BCUT2D eigenvalue weighted by atomic mass is 32.2. The number of carbonyl (C=O) groups is 2. The van der Waals surface area contributed by atoms with Gasteiger partial charge in [-0.2, -0.15) is 0 Å². The van der Waals surface area contributed by atoms with E-state index in [0.29, 0.717) is 44.4 Å². The maximum absolute atomic E-state index is 12.1. The molecule has 0 atom stereocenters. The summed E-state index contributed by atoms with van der Waals surface area (Å²) in [6.45, 7) is 4.89. The molecular weight excluding hydrogens is 294 g/mol. The van der Waals surface area contributed by atoms with E-state index in [9.17, 15) is 9.59 Å². The van der Waals surface area contributed by atoms with Gasteiger partial charge in [0.05, 0.1) is 19.0 Å². The fraction of sp³-hybridized carbons (Fsp3) is 0.615. The third-order valence-corrected chi connectivity index (χ3v) is 4.23. The van der Waals surface area contributed by atoms with E-state index < -0.39 is 5.97 Å². The van der Waals surface area contributed by atoms with Crippen LogP contribution < -0.4 is 0 Å². The van der Waals surface area contributed by atoms with Gasteiger partial charge in [-0.3, -0.25) is 9.59 Å². The Labute approximate surface area is 127 Å². The summed E-state index contributed by atoms with van der Waals surface area (Å²) in [4.78, 5) is 28.8. The van der Waals surface area contributed by atoms with Gasteiger partial charge in [-0.05, 0) is 6.92 Å².